The molecule has 8 atom stereocenters. The lowest BCUT2D eigenvalue weighted by atomic mass is 9.44. The molecule has 0 bridgehead atoms. The van der Waals surface area contributed by atoms with Crippen molar-refractivity contribution in [1.82, 2.24) is 0 Å². The van der Waals surface area contributed by atoms with Crippen molar-refractivity contribution >= 4 is 5.97 Å². The summed E-state index contributed by atoms with van der Waals surface area (Å²) in [5.74, 6) is 2.05. The predicted molar refractivity (Wildman–Crippen MR) is 93.5 cm³/mol. The third-order valence-electron chi connectivity index (χ3n) is 9.25. The van der Waals surface area contributed by atoms with Crippen molar-refractivity contribution < 1.29 is 15.0 Å². The Bertz CT molecular complexity index is 541. The zero-order chi connectivity index (χ0) is 17.3. The number of rotatable bonds is 1. The molecule has 0 aromatic carbocycles. The number of hydrogen-bond donors (Lipinski definition) is 2. The summed E-state index contributed by atoms with van der Waals surface area (Å²) >= 11 is 0. The van der Waals surface area contributed by atoms with Gasteiger partial charge in [-0.2, -0.15) is 0 Å². The van der Waals surface area contributed by atoms with E-state index in [0.29, 0.717) is 17.3 Å². The molecule has 0 radical (unpaired) electrons. The van der Waals surface area contributed by atoms with Crippen LogP contribution in [0.25, 0.3) is 0 Å². The topological polar surface area (TPSA) is 57.5 Å². The van der Waals surface area contributed by atoms with E-state index in [0.717, 1.165) is 50.4 Å². The van der Waals surface area contributed by atoms with E-state index in [1.165, 1.54) is 19.3 Å². The minimum atomic E-state index is -0.563. The Morgan fingerprint density at radius 1 is 0.875 bits per heavy atom. The third kappa shape index (κ3) is 2.22. The zero-order valence-corrected chi connectivity index (χ0v) is 15.6. The van der Waals surface area contributed by atoms with Gasteiger partial charge in [-0.25, -0.2) is 0 Å². The average molecular weight is 335 g/mol. The maximum Gasteiger partial charge on any atom is 0.307 e. The molecule has 2 N–H and O–H groups in total. The number of carbonyl (C=O) groups is 1. The Balaban J connectivity index is 1.61. The molecule has 24 heavy (non-hydrogen) atoms. The standard InChI is InChI=1S/C21H34O3/c1-19(24)10-11-20(2)13(12-19)4-5-14-15-6-7-17(18(22)23)21(15,3)9-8-16(14)20/h13-17,24H,4-12H2,1-3H3,(H,22,23)/t13?,14-,15-,16?,17+,19+,20-,21-/m0/s1. The van der Waals surface area contributed by atoms with Gasteiger partial charge in [-0.15, -0.1) is 0 Å². The van der Waals surface area contributed by atoms with Crippen LogP contribution < -0.4 is 0 Å². The second-order valence-electron chi connectivity index (χ2n) is 10.4. The summed E-state index contributed by atoms with van der Waals surface area (Å²) < 4.78 is 0. The summed E-state index contributed by atoms with van der Waals surface area (Å²) in [6, 6.07) is 0. The van der Waals surface area contributed by atoms with Crippen LogP contribution in [0.1, 0.15) is 78.6 Å². The summed E-state index contributed by atoms with van der Waals surface area (Å²) in [6.45, 7) is 6.79. The van der Waals surface area contributed by atoms with Crippen LogP contribution in [0.3, 0.4) is 0 Å². The lowest BCUT2D eigenvalue weighted by molar-refractivity contribution is -0.159. The second kappa shape index (κ2) is 5.22. The molecule has 0 amide bonds. The highest BCUT2D eigenvalue weighted by molar-refractivity contribution is 5.71. The van der Waals surface area contributed by atoms with Gasteiger partial charge in [0.15, 0.2) is 0 Å². The van der Waals surface area contributed by atoms with Gasteiger partial charge in [-0.3, -0.25) is 4.79 Å². The average Bonchev–Trinajstić information content (AvgIpc) is 2.85. The molecule has 4 fully saturated rings. The van der Waals surface area contributed by atoms with Crippen LogP contribution >= 0.6 is 0 Å². The first kappa shape index (κ1) is 16.9. The van der Waals surface area contributed by atoms with Crippen LogP contribution in [0.5, 0.6) is 0 Å². The van der Waals surface area contributed by atoms with Crippen LogP contribution in [-0.4, -0.2) is 21.8 Å². The monoisotopic (exact) mass is 334 g/mol. The fraction of sp³-hybridized carbons (Fsp3) is 0.952. The highest BCUT2D eigenvalue weighted by Crippen LogP contribution is 2.67. The van der Waals surface area contributed by atoms with Gasteiger partial charge in [-0.1, -0.05) is 13.8 Å². The SMILES string of the molecule is C[C@@]1(O)CC[C@@]2(C)C(CC[C@@H]3C2CC[C@]2(C)[C@@H](C(=O)O)CC[C@@H]32)C1. The van der Waals surface area contributed by atoms with E-state index in [1.807, 2.05) is 6.92 Å². The molecular weight excluding hydrogens is 300 g/mol. The number of aliphatic hydroxyl groups is 1. The Labute approximate surface area is 146 Å². The van der Waals surface area contributed by atoms with Gasteiger partial charge in [0.05, 0.1) is 11.5 Å². The van der Waals surface area contributed by atoms with Crippen molar-refractivity contribution in [3.05, 3.63) is 0 Å². The maximum absolute atomic E-state index is 11.8. The van der Waals surface area contributed by atoms with Crippen LogP contribution in [0.2, 0.25) is 0 Å². The number of fused-ring (bicyclic) bond motifs is 5. The molecule has 0 aromatic heterocycles. The smallest absolute Gasteiger partial charge is 0.307 e. The van der Waals surface area contributed by atoms with Crippen molar-refractivity contribution in [2.75, 3.05) is 0 Å². The van der Waals surface area contributed by atoms with E-state index >= 15 is 0 Å². The fourth-order valence-electron chi connectivity index (χ4n) is 7.84. The van der Waals surface area contributed by atoms with Crippen LogP contribution in [0.15, 0.2) is 0 Å². The number of hydrogen-bond acceptors (Lipinski definition) is 2. The first-order chi connectivity index (χ1) is 11.2. The molecule has 0 saturated heterocycles. The highest BCUT2D eigenvalue weighted by Gasteiger charge is 2.61. The van der Waals surface area contributed by atoms with Gasteiger partial charge in [0, 0.05) is 0 Å². The normalized spacial score (nSPS) is 56.9. The Morgan fingerprint density at radius 3 is 2.29 bits per heavy atom. The minimum absolute atomic E-state index is 0.0242. The van der Waals surface area contributed by atoms with Crippen molar-refractivity contribution in [2.45, 2.75) is 84.2 Å². The summed E-state index contributed by atoms with van der Waals surface area (Å²) in [4.78, 5) is 11.8. The van der Waals surface area contributed by atoms with Gasteiger partial charge < -0.3 is 10.2 Å². The Hall–Kier alpha value is -0.570. The number of aliphatic carboxylic acids is 1. The first-order valence-electron chi connectivity index (χ1n) is 10.1. The van der Waals surface area contributed by atoms with Gasteiger partial charge in [-0.05, 0) is 99.2 Å². The first-order valence-corrected chi connectivity index (χ1v) is 10.1. The molecule has 0 spiro atoms. The molecule has 4 aliphatic rings. The third-order valence-corrected chi connectivity index (χ3v) is 9.25. The fourth-order valence-corrected chi connectivity index (χ4v) is 7.84. The van der Waals surface area contributed by atoms with E-state index in [1.54, 1.807) is 0 Å². The van der Waals surface area contributed by atoms with Gasteiger partial charge in [0.1, 0.15) is 0 Å². The van der Waals surface area contributed by atoms with Crippen molar-refractivity contribution in [1.29, 1.82) is 0 Å². The molecular formula is C21H34O3. The molecule has 4 rings (SSSR count). The molecule has 3 nitrogen and oxygen atoms in total. The predicted octanol–water partition coefficient (Wildman–Crippen LogP) is 4.48. The van der Waals surface area contributed by atoms with Crippen molar-refractivity contribution in [3.63, 3.8) is 0 Å². The molecule has 4 saturated carbocycles. The Morgan fingerprint density at radius 2 is 1.58 bits per heavy atom. The summed E-state index contributed by atoms with van der Waals surface area (Å²) in [7, 11) is 0. The lowest BCUT2D eigenvalue weighted by Crippen LogP contribution is -2.55. The number of carboxylic acids is 1. The molecule has 136 valence electrons. The van der Waals surface area contributed by atoms with E-state index in [-0.39, 0.29) is 11.3 Å². The van der Waals surface area contributed by atoms with Gasteiger partial charge >= 0.3 is 5.97 Å². The second-order valence-corrected chi connectivity index (χ2v) is 10.4. The quantitative estimate of drug-likeness (QED) is 0.743. The van der Waals surface area contributed by atoms with Gasteiger partial charge in [0.2, 0.25) is 0 Å². The summed E-state index contributed by atoms with van der Waals surface area (Å²) in [5.41, 5.74) is -0.0773. The molecule has 2 unspecified atom stereocenters. The zero-order valence-electron chi connectivity index (χ0n) is 15.6. The van der Waals surface area contributed by atoms with E-state index in [4.69, 9.17) is 0 Å². The van der Waals surface area contributed by atoms with Crippen molar-refractivity contribution in [2.24, 2.45) is 40.4 Å². The van der Waals surface area contributed by atoms with Crippen molar-refractivity contribution in [3.8, 4) is 0 Å². The summed E-state index contributed by atoms with van der Waals surface area (Å²) in [6.07, 6.45) is 9.84. The summed E-state index contributed by atoms with van der Waals surface area (Å²) in [5, 5.41) is 20.2. The lowest BCUT2D eigenvalue weighted by Gasteiger charge is -2.61. The van der Waals surface area contributed by atoms with Crippen LogP contribution in [0.4, 0.5) is 0 Å². The highest BCUT2D eigenvalue weighted by atomic mass is 16.4. The van der Waals surface area contributed by atoms with Crippen LogP contribution in [0, 0.1) is 40.4 Å². The molecule has 4 aliphatic carbocycles. The van der Waals surface area contributed by atoms with E-state index in [9.17, 15) is 15.0 Å². The molecule has 0 aliphatic heterocycles. The number of carboxylic acid groups (broad SMARTS) is 1. The maximum atomic E-state index is 11.8. The molecule has 0 heterocycles. The largest absolute Gasteiger partial charge is 0.481 e. The van der Waals surface area contributed by atoms with E-state index < -0.39 is 11.6 Å². The van der Waals surface area contributed by atoms with E-state index in [2.05, 4.69) is 13.8 Å². The Kier molecular flexibility index (Phi) is 3.67. The molecule has 0 aromatic rings. The van der Waals surface area contributed by atoms with Gasteiger partial charge in [0.25, 0.3) is 0 Å². The van der Waals surface area contributed by atoms with Crippen LogP contribution in [-0.2, 0) is 4.79 Å². The molecule has 3 heteroatoms. The minimum Gasteiger partial charge on any atom is -0.481 e.